The maximum atomic E-state index is 13.2. The van der Waals surface area contributed by atoms with Crippen LogP contribution in [0.1, 0.15) is 22.7 Å². The van der Waals surface area contributed by atoms with E-state index in [1.807, 2.05) is 5.38 Å². The van der Waals surface area contributed by atoms with Gasteiger partial charge in [0.1, 0.15) is 0 Å². The summed E-state index contributed by atoms with van der Waals surface area (Å²) in [6.45, 7) is 0.189. The largest absolute Gasteiger partial charge is 0.324 e. The van der Waals surface area contributed by atoms with Crippen molar-refractivity contribution in [2.75, 3.05) is 20.6 Å². The molecule has 0 spiro atoms. The van der Waals surface area contributed by atoms with E-state index < -0.39 is 37.6 Å². The first kappa shape index (κ1) is 19.3. The first-order chi connectivity index (χ1) is 12.0. The highest BCUT2D eigenvalue weighted by atomic mass is 32.2. The molecule has 0 aromatic carbocycles. The predicted octanol–water partition coefficient (Wildman–Crippen LogP) is 0.679. The molecule has 0 saturated heterocycles. The molecule has 2 aromatic rings. The van der Waals surface area contributed by atoms with Gasteiger partial charge in [-0.1, -0.05) is 0 Å². The predicted molar refractivity (Wildman–Crippen MR) is 88.6 cm³/mol. The number of halogens is 2. The Labute approximate surface area is 153 Å². The number of hydrogen-bond donors (Lipinski definition) is 0. The maximum Gasteiger partial charge on any atom is 0.324 e. The van der Waals surface area contributed by atoms with Crippen molar-refractivity contribution < 1.29 is 25.6 Å². The number of nitrogens with zero attached hydrogens (tertiary/aromatic N) is 5. The van der Waals surface area contributed by atoms with Crippen LogP contribution in [0.25, 0.3) is 0 Å². The molecule has 0 atom stereocenters. The zero-order valence-electron chi connectivity index (χ0n) is 13.7. The van der Waals surface area contributed by atoms with Gasteiger partial charge in [-0.25, -0.2) is 17.2 Å². The van der Waals surface area contributed by atoms with Gasteiger partial charge in [-0.15, -0.1) is 20.5 Å². The van der Waals surface area contributed by atoms with E-state index in [9.17, 15) is 25.6 Å². The van der Waals surface area contributed by atoms with Crippen molar-refractivity contribution >= 4 is 31.6 Å². The second-order valence-electron chi connectivity index (χ2n) is 5.64. The number of sulfonamides is 1. The third-order valence-electron chi connectivity index (χ3n) is 3.80. The van der Waals surface area contributed by atoms with Crippen LogP contribution < -0.4 is 0 Å². The fourth-order valence-electron chi connectivity index (χ4n) is 2.40. The maximum absolute atomic E-state index is 13.2. The molecule has 0 unspecified atom stereocenters. The number of aromatic nitrogens is 3. The summed E-state index contributed by atoms with van der Waals surface area (Å²) in [6, 6.07) is 1.79. The Hall–Kier alpha value is -1.48. The topological polar surface area (TPSA) is 105 Å². The van der Waals surface area contributed by atoms with Gasteiger partial charge < -0.3 is 0 Å². The Kier molecular flexibility index (Phi) is 4.89. The number of fused-ring (bicyclic) bond motifs is 1. The van der Waals surface area contributed by atoms with Gasteiger partial charge in [0.15, 0.2) is 0 Å². The van der Waals surface area contributed by atoms with Gasteiger partial charge in [-0.05, 0) is 23.4 Å². The Morgan fingerprint density at radius 2 is 1.96 bits per heavy atom. The molecule has 0 N–H and O–H groups in total. The normalized spacial score (nSPS) is 16.4. The Morgan fingerprint density at radius 3 is 2.58 bits per heavy atom. The minimum absolute atomic E-state index is 0.0372. The van der Waals surface area contributed by atoms with E-state index in [0.717, 1.165) is 28.8 Å². The molecule has 1 aliphatic rings. The first-order valence-electron chi connectivity index (χ1n) is 7.28. The van der Waals surface area contributed by atoms with Crippen LogP contribution in [0.4, 0.5) is 8.78 Å². The molecular weight excluding hydrogens is 412 g/mol. The first-order valence-corrected chi connectivity index (χ1v) is 11.0. The van der Waals surface area contributed by atoms with Crippen molar-refractivity contribution in [3.8, 4) is 0 Å². The molecular formula is C12H15F2N5O4S3. The van der Waals surface area contributed by atoms with Crippen LogP contribution in [-0.2, 0) is 33.2 Å². The highest BCUT2D eigenvalue weighted by Gasteiger charge is 2.37. The van der Waals surface area contributed by atoms with Gasteiger partial charge in [0, 0.05) is 32.1 Å². The number of alkyl halides is 2. The SMILES string of the molecule is CN(C)S(=O)(=O)n1nc(S(=O)(=O)N2CCc3sccc3C2)nc1C(F)F. The van der Waals surface area contributed by atoms with Crippen LogP contribution in [0.3, 0.4) is 0 Å². The monoisotopic (exact) mass is 427 g/mol. The summed E-state index contributed by atoms with van der Waals surface area (Å²) in [6.07, 6.45) is -2.84. The molecule has 144 valence electrons. The van der Waals surface area contributed by atoms with E-state index in [1.165, 1.54) is 11.3 Å². The van der Waals surface area contributed by atoms with E-state index in [1.54, 1.807) is 6.07 Å². The standard InChI is InChI=1S/C12H15F2N5O4S3/c1-17(2)26(22,23)19-11(10(13)14)15-12(16-19)25(20,21)18-5-3-9-8(7-18)4-6-24-9/h4,6,10H,3,5,7H2,1-2H3. The van der Waals surface area contributed by atoms with Gasteiger partial charge in [0.05, 0.1) is 0 Å². The van der Waals surface area contributed by atoms with Crippen LogP contribution >= 0.6 is 11.3 Å². The lowest BCUT2D eigenvalue weighted by atomic mass is 10.1. The second kappa shape index (κ2) is 6.60. The molecule has 0 saturated carbocycles. The van der Waals surface area contributed by atoms with Crippen LogP contribution in [-0.4, -0.2) is 60.3 Å². The van der Waals surface area contributed by atoms with Gasteiger partial charge >= 0.3 is 10.2 Å². The van der Waals surface area contributed by atoms with Gasteiger partial charge in [0.25, 0.3) is 21.6 Å². The highest BCUT2D eigenvalue weighted by Crippen LogP contribution is 2.28. The fourth-order valence-corrected chi connectivity index (χ4v) is 5.45. The van der Waals surface area contributed by atoms with Crippen molar-refractivity contribution in [2.45, 2.75) is 24.5 Å². The minimum atomic E-state index is -4.45. The second-order valence-corrected chi connectivity index (χ2v) is 10.4. The lowest BCUT2D eigenvalue weighted by Crippen LogP contribution is -2.36. The fraction of sp³-hybridized carbons (Fsp3) is 0.500. The van der Waals surface area contributed by atoms with Crippen molar-refractivity contribution in [1.82, 2.24) is 22.8 Å². The number of hydrogen-bond acceptors (Lipinski definition) is 7. The number of rotatable bonds is 5. The lowest BCUT2D eigenvalue weighted by Gasteiger charge is -2.24. The number of thiophene rings is 1. The summed E-state index contributed by atoms with van der Waals surface area (Å²) in [5.74, 6) is -1.24. The smallest absolute Gasteiger partial charge is 0.203 e. The van der Waals surface area contributed by atoms with E-state index in [2.05, 4.69) is 10.1 Å². The molecule has 3 rings (SSSR count). The molecule has 26 heavy (non-hydrogen) atoms. The summed E-state index contributed by atoms with van der Waals surface area (Å²) in [4.78, 5) is 4.37. The molecule has 0 amide bonds. The Balaban J connectivity index is 2.04. The van der Waals surface area contributed by atoms with Gasteiger partial charge in [0.2, 0.25) is 5.82 Å². The van der Waals surface area contributed by atoms with Gasteiger partial charge in [-0.2, -0.15) is 22.0 Å². The molecule has 0 radical (unpaired) electrons. The van der Waals surface area contributed by atoms with E-state index in [-0.39, 0.29) is 17.2 Å². The molecule has 1 aliphatic heterocycles. The summed E-state index contributed by atoms with van der Waals surface area (Å²) < 4.78 is 77.9. The summed E-state index contributed by atoms with van der Waals surface area (Å²) in [5.41, 5.74) is 0.819. The third-order valence-corrected chi connectivity index (χ3v) is 8.08. The molecule has 0 aliphatic carbocycles. The van der Waals surface area contributed by atoms with E-state index >= 15 is 0 Å². The van der Waals surface area contributed by atoms with E-state index in [4.69, 9.17) is 0 Å². The molecule has 14 heteroatoms. The zero-order chi connectivity index (χ0) is 19.3. The molecule has 3 heterocycles. The zero-order valence-corrected chi connectivity index (χ0v) is 16.2. The quantitative estimate of drug-likeness (QED) is 0.695. The highest BCUT2D eigenvalue weighted by molar-refractivity contribution is 7.89. The van der Waals surface area contributed by atoms with Crippen molar-refractivity contribution in [1.29, 1.82) is 0 Å². The minimum Gasteiger partial charge on any atom is -0.203 e. The van der Waals surface area contributed by atoms with Crippen molar-refractivity contribution in [3.05, 3.63) is 27.7 Å². The lowest BCUT2D eigenvalue weighted by molar-refractivity contribution is 0.138. The summed E-state index contributed by atoms with van der Waals surface area (Å²) in [7, 11) is -6.54. The Bertz CT molecular complexity index is 1030. The average Bonchev–Trinajstić information content (AvgIpc) is 3.21. The molecule has 2 aromatic heterocycles. The van der Waals surface area contributed by atoms with Crippen LogP contribution in [0.15, 0.2) is 16.6 Å². The van der Waals surface area contributed by atoms with E-state index in [0.29, 0.717) is 10.7 Å². The van der Waals surface area contributed by atoms with Crippen LogP contribution in [0.5, 0.6) is 0 Å². The third kappa shape index (κ3) is 3.15. The summed E-state index contributed by atoms with van der Waals surface area (Å²) >= 11 is 1.51. The summed E-state index contributed by atoms with van der Waals surface area (Å²) in [5, 5.41) is 4.26. The van der Waals surface area contributed by atoms with Crippen molar-refractivity contribution in [3.63, 3.8) is 0 Å². The van der Waals surface area contributed by atoms with Crippen molar-refractivity contribution in [2.24, 2.45) is 0 Å². The van der Waals surface area contributed by atoms with Crippen LogP contribution in [0, 0.1) is 0 Å². The molecule has 0 bridgehead atoms. The average molecular weight is 427 g/mol. The molecule has 0 fully saturated rings. The Morgan fingerprint density at radius 1 is 1.27 bits per heavy atom. The molecule has 9 nitrogen and oxygen atoms in total. The van der Waals surface area contributed by atoms with Crippen LogP contribution in [0.2, 0.25) is 0 Å². The van der Waals surface area contributed by atoms with Gasteiger partial charge in [-0.3, -0.25) is 0 Å².